The average molecular weight is 234 g/mol. The van der Waals surface area contributed by atoms with Gasteiger partial charge in [-0.15, -0.1) is 11.3 Å². The number of aryl methyl sites for hydroxylation is 1. The lowest BCUT2D eigenvalue weighted by Gasteiger charge is -1.96. The molecule has 0 saturated heterocycles. The molecule has 2 rings (SSSR count). The minimum absolute atomic E-state index is 0.103. The fourth-order valence-corrected chi connectivity index (χ4v) is 2.25. The van der Waals surface area contributed by atoms with Crippen molar-refractivity contribution in [2.45, 2.75) is 13.3 Å². The van der Waals surface area contributed by atoms with Gasteiger partial charge in [-0.05, 0) is 6.42 Å². The summed E-state index contributed by atoms with van der Waals surface area (Å²) in [6, 6.07) is 6.56. The Morgan fingerprint density at radius 3 is 2.94 bits per heavy atom. The van der Waals surface area contributed by atoms with Crippen LogP contribution < -0.4 is 0 Å². The molecule has 2 aromatic rings. The Hall–Kier alpha value is -1.75. The number of nitro benzene ring substituents is 1. The molecular formula is C11H10N2O2S. The highest BCUT2D eigenvalue weighted by molar-refractivity contribution is 7.13. The maximum Gasteiger partial charge on any atom is 0.270 e. The summed E-state index contributed by atoms with van der Waals surface area (Å²) in [5, 5.41) is 13.4. The SMILES string of the molecule is CCc1csc(-c2cccc([N+](=O)[O-])c2)n1. The van der Waals surface area contributed by atoms with Crippen LogP contribution >= 0.6 is 11.3 Å². The predicted molar refractivity (Wildman–Crippen MR) is 63.6 cm³/mol. The fourth-order valence-electron chi connectivity index (χ4n) is 1.35. The molecule has 4 nitrogen and oxygen atoms in total. The van der Waals surface area contributed by atoms with Crippen molar-refractivity contribution in [1.29, 1.82) is 0 Å². The van der Waals surface area contributed by atoms with Crippen LogP contribution in [0.2, 0.25) is 0 Å². The van der Waals surface area contributed by atoms with Crippen LogP contribution in [0.5, 0.6) is 0 Å². The molecule has 82 valence electrons. The minimum atomic E-state index is -0.391. The Labute approximate surface area is 96.7 Å². The van der Waals surface area contributed by atoms with E-state index in [9.17, 15) is 10.1 Å². The summed E-state index contributed by atoms with van der Waals surface area (Å²) in [5.74, 6) is 0. The van der Waals surface area contributed by atoms with Crippen molar-refractivity contribution in [1.82, 2.24) is 4.98 Å². The first-order valence-corrected chi connectivity index (χ1v) is 5.78. The van der Waals surface area contributed by atoms with Gasteiger partial charge in [-0.25, -0.2) is 4.98 Å². The average Bonchev–Trinajstić information content (AvgIpc) is 2.77. The van der Waals surface area contributed by atoms with Gasteiger partial charge >= 0.3 is 0 Å². The van der Waals surface area contributed by atoms with E-state index in [1.54, 1.807) is 12.1 Å². The van der Waals surface area contributed by atoms with Gasteiger partial charge in [-0.3, -0.25) is 10.1 Å². The maximum atomic E-state index is 10.6. The van der Waals surface area contributed by atoms with Gasteiger partial charge in [0, 0.05) is 23.1 Å². The molecule has 1 aromatic heterocycles. The van der Waals surface area contributed by atoms with Crippen LogP contribution in [0.25, 0.3) is 10.6 Å². The Balaban J connectivity index is 2.40. The molecule has 0 bridgehead atoms. The molecular weight excluding hydrogens is 224 g/mol. The normalized spacial score (nSPS) is 10.3. The fraction of sp³-hybridized carbons (Fsp3) is 0.182. The lowest BCUT2D eigenvalue weighted by molar-refractivity contribution is -0.384. The quantitative estimate of drug-likeness (QED) is 0.605. The molecule has 1 aromatic carbocycles. The van der Waals surface area contributed by atoms with Gasteiger partial charge in [0.25, 0.3) is 5.69 Å². The van der Waals surface area contributed by atoms with E-state index < -0.39 is 4.92 Å². The van der Waals surface area contributed by atoms with Gasteiger partial charge in [0.2, 0.25) is 0 Å². The Kier molecular flexibility index (Phi) is 2.96. The van der Waals surface area contributed by atoms with E-state index in [4.69, 9.17) is 0 Å². The van der Waals surface area contributed by atoms with Crippen LogP contribution in [-0.4, -0.2) is 9.91 Å². The Morgan fingerprint density at radius 1 is 1.50 bits per heavy atom. The third-order valence-electron chi connectivity index (χ3n) is 2.22. The third kappa shape index (κ3) is 2.09. The van der Waals surface area contributed by atoms with Gasteiger partial charge < -0.3 is 0 Å². The van der Waals surface area contributed by atoms with Crippen molar-refractivity contribution in [3.63, 3.8) is 0 Å². The standard InChI is InChI=1S/C11H10N2O2S/c1-2-9-7-16-11(12-9)8-4-3-5-10(6-8)13(14)15/h3-7H,2H2,1H3. The smallest absolute Gasteiger partial charge is 0.258 e. The van der Waals surface area contributed by atoms with Crippen LogP contribution in [0, 0.1) is 10.1 Å². The van der Waals surface area contributed by atoms with E-state index in [0.717, 1.165) is 22.7 Å². The minimum Gasteiger partial charge on any atom is -0.258 e. The highest BCUT2D eigenvalue weighted by atomic mass is 32.1. The van der Waals surface area contributed by atoms with Gasteiger partial charge in [0.15, 0.2) is 0 Å². The van der Waals surface area contributed by atoms with Crippen molar-refractivity contribution in [3.8, 4) is 10.6 Å². The Morgan fingerprint density at radius 2 is 2.31 bits per heavy atom. The molecule has 0 spiro atoms. The van der Waals surface area contributed by atoms with Gasteiger partial charge in [-0.2, -0.15) is 0 Å². The highest BCUT2D eigenvalue weighted by Gasteiger charge is 2.09. The van der Waals surface area contributed by atoms with Gasteiger partial charge in [-0.1, -0.05) is 19.1 Å². The largest absolute Gasteiger partial charge is 0.270 e. The molecule has 0 aliphatic heterocycles. The number of thiazole rings is 1. The van der Waals surface area contributed by atoms with Crippen molar-refractivity contribution in [2.24, 2.45) is 0 Å². The zero-order chi connectivity index (χ0) is 11.5. The molecule has 16 heavy (non-hydrogen) atoms. The molecule has 0 N–H and O–H groups in total. The number of hydrogen-bond donors (Lipinski definition) is 0. The topological polar surface area (TPSA) is 56.0 Å². The first-order chi connectivity index (χ1) is 7.70. The molecule has 0 aliphatic carbocycles. The zero-order valence-electron chi connectivity index (χ0n) is 8.71. The lowest BCUT2D eigenvalue weighted by Crippen LogP contribution is -1.88. The predicted octanol–water partition coefficient (Wildman–Crippen LogP) is 3.28. The molecule has 0 aliphatic rings. The summed E-state index contributed by atoms with van der Waals surface area (Å²) in [4.78, 5) is 14.6. The lowest BCUT2D eigenvalue weighted by atomic mass is 10.2. The van der Waals surface area contributed by atoms with Crippen LogP contribution in [0.1, 0.15) is 12.6 Å². The third-order valence-corrected chi connectivity index (χ3v) is 3.16. The molecule has 0 fully saturated rings. The monoisotopic (exact) mass is 234 g/mol. The van der Waals surface area contributed by atoms with Crippen LogP contribution in [0.4, 0.5) is 5.69 Å². The van der Waals surface area contributed by atoms with Crippen molar-refractivity contribution in [3.05, 3.63) is 45.5 Å². The summed E-state index contributed by atoms with van der Waals surface area (Å²) in [6.45, 7) is 2.03. The molecule has 0 radical (unpaired) electrons. The molecule has 0 amide bonds. The van der Waals surface area contributed by atoms with Crippen molar-refractivity contribution >= 4 is 17.0 Å². The number of nitrogens with zero attached hydrogens (tertiary/aromatic N) is 2. The number of benzene rings is 1. The van der Waals surface area contributed by atoms with Crippen molar-refractivity contribution < 1.29 is 4.92 Å². The summed E-state index contributed by atoms with van der Waals surface area (Å²) in [5.41, 5.74) is 1.93. The number of rotatable bonds is 3. The van der Waals surface area contributed by atoms with Crippen molar-refractivity contribution in [2.75, 3.05) is 0 Å². The number of non-ortho nitro benzene ring substituents is 1. The first-order valence-electron chi connectivity index (χ1n) is 4.90. The van der Waals surface area contributed by atoms with Crippen LogP contribution in [0.3, 0.4) is 0 Å². The summed E-state index contributed by atoms with van der Waals surface area (Å²) in [7, 11) is 0. The molecule has 0 atom stereocenters. The molecule has 0 saturated carbocycles. The summed E-state index contributed by atoms with van der Waals surface area (Å²) >= 11 is 1.51. The van der Waals surface area contributed by atoms with Gasteiger partial charge in [0.1, 0.15) is 5.01 Å². The van der Waals surface area contributed by atoms with Gasteiger partial charge in [0.05, 0.1) is 10.6 Å². The van der Waals surface area contributed by atoms with E-state index in [-0.39, 0.29) is 5.69 Å². The van der Waals surface area contributed by atoms with E-state index in [1.165, 1.54) is 17.4 Å². The highest BCUT2D eigenvalue weighted by Crippen LogP contribution is 2.26. The Bertz CT molecular complexity index is 522. The van der Waals surface area contributed by atoms with Crippen LogP contribution in [0.15, 0.2) is 29.6 Å². The second kappa shape index (κ2) is 4.40. The number of aromatic nitrogens is 1. The van der Waals surface area contributed by atoms with E-state index in [1.807, 2.05) is 18.4 Å². The van der Waals surface area contributed by atoms with E-state index in [2.05, 4.69) is 4.98 Å². The summed E-state index contributed by atoms with van der Waals surface area (Å²) in [6.07, 6.45) is 0.880. The molecule has 5 heteroatoms. The summed E-state index contributed by atoms with van der Waals surface area (Å²) < 4.78 is 0. The van der Waals surface area contributed by atoms with E-state index >= 15 is 0 Å². The first kappa shape index (κ1) is 10.8. The zero-order valence-corrected chi connectivity index (χ0v) is 9.53. The second-order valence-electron chi connectivity index (χ2n) is 3.30. The maximum absolute atomic E-state index is 10.6. The number of hydrogen-bond acceptors (Lipinski definition) is 4. The second-order valence-corrected chi connectivity index (χ2v) is 4.16. The molecule has 1 heterocycles. The molecule has 0 unspecified atom stereocenters. The van der Waals surface area contributed by atoms with E-state index in [0.29, 0.717) is 0 Å². The number of nitro groups is 1. The van der Waals surface area contributed by atoms with Crippen LogP contribution in [-0.2, 0) is 6.42 Å².